The number of benzene rings is 2. The minimum absolute atomic E-state index is 0.298. The first kappa shape index (κ1) is 18.8. The van der Waals surface area contributed by atoms with Crippen LogP contribution in [0.5, 0.6) is 0 Å². The number of hydrogen-bond donors (Lipinski definition) is 3. The molecule has 1 aromatic heterocycles. The van der Waals surface area contributed by atoms with Gasteiger partial charge >= 0.3 is 5.97 Å². The molecule has 2 amide bonds. The number of carboxylic acids is 1. The Bertz CT molecular complexity index is 1010. The van der Waals surface area contributed by atoms with Crippen molar-refractivity contribution in [3.05, 3.63) is 77.6 Å². The van der Waals surface area contributed by atoms with Gasteiger partial charge in [-0.1, -0.05) is 18.2 Å². The second-order valence-corrected chi connectivity index (χ2v) is 6.00. The van der Waals surface area contributed by atoms with Gasteiger partial charge in [-0.05, 0) is 43.3 Å². The largest absolute Gasteiger partial charge is 0.480 e. The minimum Gasteiger partial charge on any atom is -0.480 e. The average molecular weight is 378 g/mol. The summed E-state index contributed by atoms with van der Waals surface area (Å²) in [6, 6.07) is 15.6. The highest BCUT2D eigenvalue weighted by molar-refractivity contribution is 6.05. The summed E-state index contributed by atoms with van der Waals surface area (Å²) in [5.74, 6) is -1.94. The van der Waals surface area contributed by atoms with E-state index in [2.05, 4.69) is 15.7 Å². The lowest BCUT2D eigenvalue weighted by molar-refractivity contribution is -0.135. The molecule has 0 aliphatic rings. The van der Waals surface area contributed by atoms with E-state index in [0.717, 1.165) is 5.69 Å². The molecule has 1 heterocycles. The van der Waals surface area contributed by atoms with Gasteiger partial charge in [-0.25, -0.2) is 4.68 Å². The number of carbonyl (C=O) groups excluding carboxylic acids is 2. The van der Waals surface area contributed by atoms with Crippen molar-refractivity contribution in [2.75, 3.05) is 11.9 Å². The summed E-state index contributed by atoms with van der Waals surface area (Å²) in [7, 11) is 0. The van der Waals surface area contributed by atoms with E-state index in [1.54, 1.807) is 16.8 Å². The number of aliphatic carboxylic acids is 1. The van der Waals surface area contributed by atoms with Crippen LogP contribution in [0.3, 0.4) is 0 Å². The monoisotopic (exact) mass is 378 g/mol. The number of para-hydroxylation sites is 1. The number of rotatable bonds is 6. The van der Waals surface area contributed by atoms with Crippen molar-refractivity contribution >= 4 is 23.5 Å². The van der Waals surface area contributed by atoms with Crippen LogP contribution >= 0.6 is 0 Å². The van der Waals surface area contributed by atoms with Gasteiger partial charge in [0.15, 0.2) is 0 Å². The summed E-state index contributed by atoms with van der Waals surface area (Å²) in [6.07, 6.45) is 1.51. The Labute approximate surface area is 160 Å². The Hall–Kier alpha value is -3.94. The van der Waals surface area contributed by atoms with Crippen LogP contribution in [0.2, 0.25) is 0 Å². The zero-order chi connectivity index (χ0) is 20.1. The van der Waals surface area contributed by atoms with Gasteiger partial charge in [0, 0.05) is 11.3 Å². The van der Waals surface area contributed by atoms with E-state index >= 15 is 0 Å². The van der Waals surface area contributed by atoms with Gasteiger partial charge in [-0.3, -0.25) is 14.4 Å². The van der Waals surface area contributed by atoms with Crippen molar-refractivity contribution in [3.8, 4) is 5.69 Å². The first-order valence-corrected chi connectivity index (χ1v) is 8.47. The van der Waals surface area contributed by atoms with Gasteiger partial charge in [0.2, 0.25) is 0 Å². The predicted molar refractivity (Wildman–Crippen MR) is 103 cm³/mol. The summed E-state index contributed by atoms with van der Waals surface area (Å²) in [6.45, 7) is 1.35. The van der Waals surface area contributed by atoms with Crippen LogP contribution in [-0.4, -0.2) is 39.2 Å². The van der Waals surface area contributed by atoms with Gasteiger partial charge in [-0.2, -0.15) is 5.10 Å². The fourth-order valence-corrected chi connectivity index (χ4v) is 2.62. The van der Waals surface area contributed by atoms with Crippen LogP contribution in [0.4, 0.5) is 5.69 Å². The number of carbonyl (C=O) groups is 3. The molecule has 3 rings (SSSR count). The van der Waals surface area contributed by atoms with Crippen LogP contribution < -0.4 is 10.6 Å². The molecule has 0 unspecified atom stereocenters. The molecule has 0 aliphatic heterocycles. The number of amides is 2. The normalized spacial score (nSPS) is 10.3. The molecule has 3 N–H and O–H groups in total. The summed E-state index contributed by atoms with van der Waals surface area (Å²) in [5.41, 5.74) is 2.80. The highest BCUT2D eigenvalue weighted by Gasteiger charge is 2.15. The van der Waals surface area contributed by atoms with Crippen molar-refractivity contribution in [3.63, 3.8) is 0 Å². The van der Waals surface area contributed by atoms with Gasteiger partial charge in [-0.15, -0.1) is 0 Å². The van der Waals surface area contributed by atoms with E-state index < -0.39 is 18.4 Å². The first-order chi connectivity index (χ1) is 13.5. The SMILES string of the molecule is Cc1c(C(=O)Nc2ccc(C(=O)NCC(=O)O)cc2)cnn1-c1ccccc1. The molecule has 8 heteroatoms. The zero-order valence-corrected chi connectivity index (χ0v) is 15.0. The van der Waals surface area contributed by atoms with Gasteiger partial charge in [0.1, 0.15) is 6.54 Å². The molecule has 3 aromatic rings. The Morgan fingerprint density at radius 3 is 2.32 bits per heavy atom. The van der Waals surface area contributed by atoms with Gasteiger partial charge < -0.3 is 15.7 Å². The third-order valence-electron chi connectivity index (χ3n) is 4.06. The van der Waals surface area contributed by atoms with E-state index in [-0.39, 0.29) is 5.91 Å². The third-order valence-corrected chi connectivity index (χ3v) is 4.06. The van der Waals surface area contributed by atoms with Crippen LogP contribution in [0.25, 0.3) is 5.69 Å². The average Bonchev–Trinajstić information content (AvgIpc) is 3.09. The molecule has 0 fully saturated rings. The predicted octanol–water partition coefficient (Wildman–Crippen LogP) is 2.25. The van der Waals surface area contributed by atoms with Crippen molar-refractivity contribution in [2.24, 2.45) is 0 Å². The quantitative estimate of drug-likeness (QED) is 0.609. The lowest BCUT2D eigenvalue weighted by Gasteiger charge is -2.08. The Kier molecular flexibility index (Phi) is 5.50. The molecule has 0 aliphatic carbocycles. The van der Waals surface area contributed by atoms with Crippen LogP contribution in [0.15, 0.2) is 60.8 Å². The van der Waals surface area contributed by atoms with Crippen molar-refractivity contribution in [1.82, 2.24) is 15.1 Å². The van der Waals surface area contributed by atoms with E-state index in [9.17, 15) is 14.4 Å². The maximum absolute atomic E-state index is 12.6. The molecule has 2 aromatic carbocycles. The number of nitrogens with zero attached hydrogens (tertiary/aromatic N) is 2. The van der Waals surface area contributed by atoms with Gasteiger partial charge in [0.05, 0.1) is 23.1 Å². The third kappa shape index (κ3) is 4.24. The molecule has 0 saturated heterocycles. The number of carboxylic acid groups (broad SMARTS) is 1. The van der Waals surface area contributed by atoms with Crippen molar-refractivity contribution in [1.29, 1.82) is 0 Å². The first-order valence-electron chi connectivity index (χ1n) is 8.47. The van der Waals surface area contributed by atoms with Crippen LogP contribution in [-0.2, 0) is 4.79 Å². The zero-order valence-electron chi connectivity index (χ0n) is 15.0. The lowest BCUT2D eigenvalue weighted by atomic mass is 10.2. The maximum atomic E-state index is 12.6. The maximum Gasteiger partial charge on any atom is 0.322 e. The summed E-state index contributed by atoms with van der Waals surface area (Å²) >= 11 is 0. The van der Waals surface area contributed by atoms with Crippen molar-refractivity contribution in [2.45, 2.75) is 6.92 Å². The molecular weight excluding hydrogens is 360 g/mol. The van der Waals surface area contributed by atoms with Crippen LogP contribution in [0.1, 0.15) is 26.4 Å². The molecule has 0 spiro atoms. The standard InChI is InChI=1S/C20H18N4O4/c1-13-17(11-22-24(13)16-5-3-2-4-6-16)20(28)23-15-9-7-14(8-10-15)19(27)21-12-18(25)26/h2-11H,12H2,1H3,(H,21,27)(H,23,28)(H,25,26). The van der Waals surface area contributed by atoms with E-state index in [1.807, 2.05) is 37.3 Å². The second kappa shape index (κ2) is 8.17. The van der Waals surface area contributed by atoms with Gasteiger partial charge in [0.25, 0.3) is 11.8 Å². The topological polar surface area (TPSA) is 113 Å². The Morgan fingerprint density at radius 2 is 1.68 bits per heavy atom. The number of anilines is 1. The minimum atomic E-state index is -1.12. The smallest absolute Gasteiger partial charge is 0.322 e. The number of hydrogen-bond acceptors (Lipinski definition) is 4. The van der Waals surface area contributed by atoms with E-state index in [1.165, 1.54) is 18.3 Å². The van der Waals surface area contributed by atoms with Crippen molar-refractivity contribution < 1.29 is 19.5 Å². The summed E-state index contributed by atoms with van der Waals surface area (Å²) in [4.78, 5) is 34.9. The summed E-state index contributed by atoms with van der Waals surface area (Å²) in [5, 5.41) is 17.9. The molecule has 0 bridgehead atoms. The highest BCUT2D eigenvalue weighted by Crippen LogP contribution is 2.16. The number of aromatic nitrogens is 2. The number of nitrogens with one attached hydrogen (secondary N) is 2. The molecule has 8 nitrogen and oxygen atoms in total. The van der Waals surface area contributed by atoms with E-state index in [4.69, 9.17) is 5.11 Å². The lowest BCUT2D eigenvalue weighted by Crippen LogP contribution is -2.29. The molecule has 0 atom stereocenters. The Morgan fingerprint density at radius 1 is 1.00 bits per heavy atom. The molecule has 28 heavy (non-hydrogen) atoms. The molecule has 0 radical (unpaired) electrons. The summed E-state index contributed by atoms with van der Waals surface area (Å²) < 4.78 is 1.69. The van der Waals surface area contributed by atoms with Crippen LogP contribution in [0, 0.1) is 6.92 Å². The fraction of sp³-hybridized carbons (Fsp3) is 0.100. The van der Waals surface area contributed by atoms with E-state index in [0.29, 0.717) is 22.5 Å². The fourth-order valence-electron chi connectivity index (χ4n) is 2.62. The second-order valence-electron chi connectivity index (χ2n) is 6.00. The molecule has 0 saturated carbocycles. The molecular formula is C20H18N4O4. The Balaban J connectivity index is 1.69. The molecule has 142 valence electrons. The highest BCUT2D eigenvalue weighted by atomic mass is 16.4.